The van der Waals surface area contributed by atoms with Gasteiger partial charge in [-0.1, -0.05) is 204 Å². The van der Waals surface area contributed by atoms with Gasteiger partial charge in [-0.2, -0.15) is 0 Å². The van der Waals surface area contributed by atoms with Crippen LogP contribution in [-0.4, -0.2) is 0 Å². The van der Waals surface area contributed by atoms with Crippen LogP contribution >= 0.6 is 0 Å². The number of anilines is 3. The van der Waals surface area contributed by atoms with Crippen molar-refractivity contribution in [3.05, 3.63) is 259 Å². The second-order valence-corrected chi connectivity index (χ2v) is 20.8. The molecule has 0 unspecified atom stereocenters. The Kier molecular flexibility index (Phi) is 9.32. The van der Waals surface area contributed by atoms with Crippen molar-refractivity contribution in [2.45, 2.75) is 38.5 Å². The summed E-state index contributed by atoms with van der Waals surface area (Å²) in [7, 11) is 0. The van der Waals surface area contributed by atoms with Gasteiger partial charge < -0.3 is 9.32 Å². The minimum Gasteiger partial charge on any atom is -0.455 e. The normalized spacial score (nSPS) is 13.8. The third-order valence-corrected chi connectivity index (χ3v) is 16.1. The van der Waals surface area contributed by atoms with Crippen molar-refractivity contribution < 1.29 is 4.42 Å². The maximum absolute atomic E-state index is 7.01. The molecule has 0 aliphatic heterocycles. The van der Waals surface area contributed by atoms with Gasteiger partial charge in [0, 0.05) is 49.6 Å². The lowest BCUT2D eigenvalue weighted by atomic mass is 9.82. The van der Waals surface area contributed by atoms with Crippen molar-refractivity contribution in [2.75, 3.05) is 4.90 Å². The summed E-state index contributed by atoms with van der Waals surface area (Å²) in [6, 6.07) is 87.3. The van der Waals surface area contributed by atoms with Crippen LogP contribution in [0.1, 0.15) is 49.9 Å². The molecule has 0 saturated carbocycles. The molecule has 2 aliphatic carbocycles. The molecular weight excluding hydrogens is 871 g/mol. The van der Waals surface area contributed by atoms with Gasteiger partial charge in [0.15, 0.2) is 0 Å². The first-order valence-corrected chi connectivity index (χ1v) is 25.2. The Hall–Kier alpha value is -8.72. The topological polar surface area (TPSA) is 16.4 Å². The van der Waals surface area contributed by atoms with Gasteiger partial charge in [-0.25, -0.2) is 0 Å². The summed E-state index contributed by atoms with van der Waals surface area (Å²) >= 11 is 0. The smallest absolute Gasteiger partial charge is 0.143 e. The second kappa shape index (κ2) is 15.9. The second-order valence-electron chi connectivity index (χ2n) is 20.8. The fourth-order valence-corrected chi connectivity index (χ4v) is 12.3. The van der Waals surface area contributed by atoms with Crippen LogP contribution < -0.4 is 4.90 Å². The molecule has 2 nitrogen and oxygen atoms in total. The lowest BCUT2D eigenvalue weighted by molar-refractivity contribution is 0.660. The Morgan fingerprint density at radius 3 is 1.43 bits per heavy atom. The number of rotatable bonds is 7. The molecule has 11 aromatic carbocycles. The van der Waals surface area contributed by atoms with Gasteiger partial charge in [0.05, 0.1) is 0 Å². The Labute approximate surface area is 421 Å². The van der Waals surface area contributed by atoms with Crippen LogP contribution in [0.25, 0.3) is 99.5 Å². The van der Waals surface area contributed by atoms with E-state index in [1.807, 2.05) is 0 Å². The number of benzene rings is 11. The molecule has 0 bridgehead atoms. The summed E-state index contributed by atoms with van der Waals surface area (Å²) in [6.07, 6.45) is 0. The van der Waals surface area contributed by atoms with Crippen LogP contribution in [0.5, 0.6) is 0 Å². The molecule has 0 amide bonds. The molecule has 2 aliphatic rings. The average molecular weight is 922 g/mol. The third-order valence-electron chi connectivity index (χ3n) is 16.1. The van der Waals surface area contributed by atoms with E-state index in [1.54, 1.807) is 0 Å². The quantitative estimate of drug-likeness (QED) is 0.158. The summed E-state index contributed by atoms with van der Waals surface area (Å²) in [6.45, 7) is 9.47. The van der Waals surface area contributed by atoms with E-state index in [9.17, 15) is 0 Å². The van der Waals surface area contributed by atoms with Crippen molar-refractivity contribution >= 4 is 49.8 Å². The SMILES string of the molecule is CC1(C)c2ccccc2-c2ccc(N(c3ccc(-c4ccc(-c5cc(-c6ccccc6)cc6c5oc5c7ccccc7ccc65)cc4-c4ccccc4)cc3)c3ccc4c(c3)C(C)(C)c3ccccc3-4)cc21. The molecule has 12 aromatic rings. The van der Waals surface area contributed by atoms with E-state index in [0.717, 1.165) is 72.2 Å². The van der Waals surface area contributed by atoms with E-state index in [0.29, 0.717) is 0 Å². The molecule has 72 heavy (non-hydrogen) atoms. The predicted octanol–water partition coefficient (Wildman–Crippen LogP) is 19.5. The van der Waals surface area contributed by atoms with Crippen molar-refractivity contribution in [1.29, 1.82) is 0 Å². The zero-order valence-corrected chi connectivity index (χ0v) is 40.9. The van der Waals surface area contributed by atoms with Gasteiger partial charge in [0.1, 0.15) is 11.2 Å². The molecule has 14 rings (SSSR count). The summed E-state index contributed by atoms with van der Waals surface area (Å²) < 4.78 is 7.01. The molecule has 1 heterocycles. The molecular formula is C70H51NO. The van der Waals surface area contributed by atoms with Crippen LogP contribution in [0, 0.1) is 0 Å². The monoisotopic (exact) mass is 921 g/mol. The lowest BCUT2D eigenvalue weighted by Crippen LogP contribution is -2.18. The van der Waals surface area contributed by atoms with Crippen molar-refractivity contribution in [3.8, 4) is 66.8 Å². The Bertz CT molecular complexity index is 4030. The Morgan fingerprint density at radius 2 is 0.778 bits per heavy atom. The molecule has 0 fully saturated rings. The largest absolute Gasteiger partial charge is 0.455 e. The van der Waals surface area contributed by atoms with Gasteiger partial charge >= 0.3 is 0 Å². The van der Waals surface area contributed by atoms with E-state index >= 15 is 0 Å². The molecule has 0 spiro atoms. The maximum atomic E-state index is 7.01. The zero-order valence-electron chi connectivity index (χ0n) is 40.9. The first-order valence-electron chi connectivity index (χ1n) is 25.2. The predicted molar refractivity (Wildman–Crippen MR) is 303 cm³/mol. The summed E-state index contributed by atoms with van der Waals surface area (Å²) in [4.78, 5) is 2.46. The zero-order chi connectivity index (χ0) is 48.3. The van der Waals surface area contributed by atoms with Gasteiger partial charge in [0.2, 0.25) is 0 Å². The van der Waals surface area contributed by atoms with Crippen molar-refractivity contribution in [2.24, 2.45) is 0 Å². The van der Waals surface area contributed by atoms with Crippen LogP contribution in [-0.2, 0) is 10.8 Å². The number of nitrogens with zero attached hydrogens (tertiary/aromatic N) is 1. The van der Waals surface area contributed by atoms with E-state index in [4.69, 9.17) is 4.42 Å². The van der Waals surface area contributed by atoms with E-state index in [-0.39, 0.29) is 10.8 Å². The highest BCUT2D eigenvalue weighted by atomic mass is 16.3. The standard InChI is InChI=1S/C70H51NO/c1-69(2)63-25-15-13-23-55(63)57-37-33-51(42-65(57)69)71(52-34-38-58-56-24-14-16-26-64(56)70(3,4)66(58)43-52)50-31-27-47(28-32-50)53-35-30-48(39-60(53)45-19-9-6-10-20-45)61-40-49(44-17-7-5-8-18-44)41-62-59-36-29-46-21-11-12-22-54(46)67(59)72-68(61)62/h5-43H,1-4H3. The van der Waals surface area contributed by atoms with Gasteiger partial charge in [-0.3, -0.25) is 0 Å². The molecule has 0 atom stereocenters. The van der Waals surface area contributed by atoms with E-state index in [1.165, 1.54) is 66.6 Å². The van der Waals surface area contributed by atoms with E-state index in [2.05, 4.69) is 269 Å². The fourth-order valence-electron chi connectivity index (χ4n) is 12.3. The Morgan fingerprint density at radius 1 is 0.278 bits per heavy atom. The van der Waals surface area contributed by atoms with Crippen molar-refractivity contribution in [3.63, 3.8) is 0 Å². The number of furan rings is 1. The highest BCUT2D eigenvalue weighted by Gasteiger charge is 2.38. The first-order chi connectivity index (χ1) is 35.2. The summed E-state index contributed by atoms with van der Waals surface area (Å²) in [5.74, 6) is 0. The minimum absolute atomic E-state index is 0.132. The lowest BCUT2D eigenvalue weighted by Gasteiger charge is -2.30. The number of hydrogen-bond donors (Lipinski definition) is 0. The minimum atomic E-state index is -0.132. The third kappa shape index (κ3) is 6.42. The highest BCUT2D eigenvalue weighted by molar-refractivity contribution is 6.18. The van der Waals surface area contributed by atoms with Crippen molar-refractivity contribution in [1.82, 2.24) is 0 Å². The van der Waals surface area contributed by atoms with Crippen LogP contribution in [0.2, 0.25) is 0 Å². The maximum Gasteiger partial charge on any atom is 0.143 e. The van der Waals surface area contributed by atoms with Crippen LogP contribution in [0.15, 0.2) is 241 Å². The number of hydrogen-bond acceptors (Lipinski definition) is 2. The fraction of sp³-hybridized carbons (Fsp3) is 0.0857. The van der Waals surface area contributed by atoms with Gasteiger partial charge in [-0.05, 0) is 150 Å². The average Bonchev–Trinajstić information content (AvgIpc) is 4.01. The van der Waals surface area contributed by atoms with Gasteiger partial charge in [-0.15, -0.1) is 0 Å². The molecule has 2 heteroatoms. The first kappa shape index (κ1) is 42.2. The molecule has 0 saturated heterocycles. The Balaban J connectivity index is 0.919. The molecule has 0 N–H and O–H groups in total. The number of fused-ring (bicyclic) bond motifs is 11. The summed E-state index contributed by atoms with van der Waals surface area (Å²) in [5.41, 5.74) is 24.9. The molecule has 342 valence electrons. The van der Waals surface area contributed by atoms with Crippen LogP contribution in [0.4, 0.5) is 17.1 Å². The highest BCUT2D eigenvalue weighted by Crippen LogP contribution is 2.53. The van der Waals surface area contributed by atoms with E-state index < -0.39 is 0 Å². The molecule has 0 radical (unpaired) electrons. The van der Waals surface area contributed by atoms with Crippen LogP contribution in [0.3, 0.4) is 0 Å². The van der Waals surface area contributed by atoms with Gasteiger partial charge in [0.25, 0.3) is 0 Å². The molecule has 1 aromatic heterocycles. The summed E-state index contributed by atoms with van der Waals surface area (Å²) in [5, 5.41) is 4.53.